The van der Waals surface area contributed by atoms with Crippen LogP contribution in [-0.2, 0) is 12.6 Å². The van der Waals surface area contributed by atoms with Crippen LogP contribution in [0.15, 0.2) is 24.1 Å². The van der Waals surface area contributed by atoms with E-state index in [9.17, 15) is 18.3 Å². The zero-order valence-electron chi connectivity index (χ0n) is 11.5. The smallest absolute Gasteiger partial charge is 0.394 e. The van der Waals surface area contributed by atoms with Gasteiger partial charge in [0, 0.05) is 23.6 Å². The lowest BCUT2D eigenvalue weighted by Gasteiger charge is -2.18. The number of alkyl halides is 3. The van der Waals surface area contributed by atoms with Crippen molar-refractivity contribution in [1.29, 1.82) is 0 Å². The van der Waals surface area contributed by atoms with Gasteiger partial charge in [-0.3, -0.25) is 4.98 Å². The Morgan fingerprint density at radius 2 is 2.22 bits per heavy atom. The van der Waals surface area contributed by atoms with Gasteiger partial charge in [-0.15, -0.1) is 11.3 Å². The molecular formula is C12H11F3N6OS. The summed E-state index contributed by atoms with van der Waals surface area (Å²) in [5.74, 6) is -0.111. The predicted molar refractivity (Wildman–Crippen MR) is 76.1 cm³/mol. The fourth-order valence-corrected chi connectivity index (χ4v) is 2.69. The molecule has 0 radical (unpaired) electrons. The summed E-state index contributed by atoms with van der Waals surface area (Å²) < 4.78 is 39.9. The van der Waals surface area contributed by atoms with Gasteiger partial charge in [-0.2, -0.15) is 27.8 Å². The topological polar surface area (TPSA) is 88.2 Å². The van der Waals surface area contributed by atoms with Gasteiger partial charge >= 0.3 is 6.18 Å². The van der Waals surface area contributed by atoms with Crippen LogP contribution in [0.5, 0.6) is 0 Å². The van der Waals surface area contributed by atoms with Gasteiger partial charge in [0.2, 0.25) is 0 Å². The fraction of sp³-hybridized carbons (Fsp3) is 0.333. The van der Waals surface area contributed by atoms with Crippen LogP contribution in [0.3, 0.4) is 0 Å². The Hall–Kier alpha value is -2.27. The molecule has 0 bridgehead atoms. The van der Waals surface area contributed by atoms with Gasteiger partial charge in [0.1, 0.15) is 12.1 Å². The van der Waals surface area contributed by atoms with Crippen LogP contribution in [0, 0.1) is 0 Å². The molecule has 0 fully saturated rings. The Labute approximate surface area is 131 Å². The number of anilines is 1. The molecule has 2 N–H and O–H groups in total. The molecule has 0 aromatic carbocycles. The standard InChI is InChI=1S/C12H11F3N6OS/c13-12(14,15)9-2-10(21-11(20-9)17-5-18-21)19-7(4-22)1-8-3-16-6-23-8/h2-3,5-7,19,22H,1,4H2/t7-/m0/s1. The number of aliphatic hydroxyl groups is 1. The van der Waals surface area contributed by atoms with Crippen LogP contribution >= 0.6 is 11.3 Å². The first-order valence-electron chi connectivity index (χ1n) is 6.50. The van der Waals surface area contributed by atoms with Crippen molar-refractivity contribution >= 4 is 22.9 Å². The molecule has 0 aliphatic rings. The molecule has 7 nitrogen and oxygen atoms in total. The molecule has 3 aromatic rings. The van der Waals surface area contributed by atoms with Crippen molar-refractivity contribution in [1.82, 2.24) is 24.6 Å². The molecule has 0 saturated heterocycles. The third kappa shape index (κ3) is 3.40. The van der Waals surface area contributed by atoms with E-state index >= 15 is 0 Å². The summed E-state index contributed by atoms with van der Waals surface area (Å²) in [4.78, 5) is 11.9. The summed E-state index contributed by atoms with van der Waals surface area (Å²) >= 11 is 1.40. The molecule has 0 unspecified atom stereocenters. The molecule has 122 valence electrons. The van der Waals surface area contributed by atoms with E-state index in [1.165, 1.54) is 11.3 Å². The molecule has 11 heteroatoms. The molecular weight excluding hydrogens is 333 g/mol. The number of rotatable bonds is 5. The average Bonchev–Trinajstić information content (AvgIpc) is 3.16. The van der Waals surface area contributed by atoms with E-state index in [0.29, 0.717) is 6.42 Å². The summed E-state index contributed by atoms with van der Waals surface area (Å²) in [6.07, 6.45) is -1.42. The summed E-state index contributed by atoms with van der Waals surface area (Å²) in [5, 5.41) is 16.2. The van der Waals surface area contributed by atoms with Gasteiger partial charge in [0.25, 0.3) is 5.78 Å². The highest BCUT2D eigenvalue weighted by Gasteiger charge is 2.34. The molecule has 0 spiro atoms. The number of fused-ring (bicyclic) bond motifs is 1. The lowest BCUT2D eigenvalue weighted by atomic mass is 10.2. The number of aliphatic hydroxyl groups excluding tert-OH is 1. The van der Waals surface area contributed by atoms with E-state index in [1.54, 1.807) is 11.7 Å². The van der Waals surface area contributed by atoms with Crippen LogP contribution in [-0.4, -0.2) is 42.3 Å². The molecule has 3 aromatic heterocycles. The van der Waals surface area contributed by atoms with Crippen molar-refractivity contribution in [2.75, 3.05) is 11.9 Å². The highest BCUT2D eigenvalue weighted by Crippen LogP contribution is 2.29. The zero-order valence-corrected chi connectivity index (χ0v) is 12.3. The highest BCUT2D eigenvalue weighted by atomic mass is 32.1. The molecule has 3 heterocycles. The second kappa shape index (κ2) is 6.08. The van der Waals surface area contributed by atoms with Gasteiger partial charge < -0.3 is 10.4 Å². The maximum Gasteiger partial charge on any atom is 0.433 e. The normalized spacial score (nSPS) is 13.4. The summed E-state index contributed by atoms with van der Waals surface area (Å²) in [6.45, 7) is -0.266. The van der Waals surface area contributed by atoms with E-state index in [0.717, 1.165) is 21.8 Å². The number of nitrogens with zero attached hydrogens (tertiary/aromatic N) is 5. The zero-order chi connectivity index (χ0) is 16.4. The Bertz CT molecular complexity index is 788. The Morgan fingerprint density at radius 3 is 2.87 bits per heavy atom. The third-order valence-corrected chi connectivity index (χ3v) is 3.85. The van der Waals surface area contributed by atoms with E-state index in [-0.39, 0.29) is 18.2 Å². The summed E-state index contributed by atoms with van der Waals surface area (Å²) in [7, 11) is 0. The first-order valence-corrected chi connectivity index (χ1v) is 7.38. The first-order chi connectivity index (χ1) is 11.0. The average molecular weight is 344 g/mol. The van der Waals surface area contributed by atoms with Gasteiger partial charge in [-0.05, 0) is 0 Å². The van der Waals surface area contributed by atoms with Crippen LogP contribution < -0.4 is 5.32 Å². The number of hydrogen-bond donors (Lipinski definition) is 2. The van der Waals surface area contributed by atoms with E-state index in [1.807, 2.05) is 0 Å². The maximum atomic E-state index is 12.9. The molecule has 1 atom stereocenters. The van der Waals surface area contributed by atoms with Gasteiger partial charge in [0.15, 0.2) is 5.69 Å². The summed E-state index contributed by atoms with van der Waals surface area (Å²) in [6, 6.07) is 0.350. The van der Waals surface area contributed by atoms with Gasteiger partial charge in [-0.25, -0.2) is 4.98 Å². The number of aromatic nitrogens is 5. The Kier molecular flexibility index (Phi) is 4.13. The van der Waals surface area contributed by atoms with Crippen LogP contribution in [0.2, 0.25) is 0 Å². The Morgan fingerprint density at radius 1 is 1.39 bits per heavy atom. The van der Waals surface area contributed by atoms with Crippen molar-refractivity contribution in [3.63, 3.8) is 0 Å². The Balaban J connectivity index is 1.92. The molecule has 3 rings (SSSR count). The SMILES string of the molecule is OC[C@H](Cc1cncs1)Nc1cc(C(F)(F)F)nc2ncnn12. The minimum atomic E-state index is -4.60. The van der Waals surface area contributed by atoms with Crippen LogP contribution in [0.25, 0.3) is 5.78 Å². The number of halogens is 3. The molecule has 0 amide bonds. The molecule has 23 heavy (non-hydrogen) atoms. The molecule has 0 aliphatic heterocycles. The van der Waals surface area contributed by atoms with Crippen molar-refractivity contribution in [3.8, 4) is 0 Å². The number of nitrogens with one attached hydrogen (secondary N) is 1. The fourth-order valence-electron chi connectivity index (χ4n) is 2.02. The monoisotopic (exact) mass is 344 g/mol. The summed E-state index contributed by atoms with van der Waals surface area (Å²) in [5.41, 5.74) is 0.572. The predicted octanol–water partition coefficient (Wildman–Crippen LogP) is 1.62. The van der Waals surface area contributed by atoms with E-state index < -0.39 is 17.9 Å². The molecule has 0 aliphatic carbocycles. The third-order valence-electron chi connectivity index (χ3n) is 3.05. The minimum Gasteiger partial charge on any atom is -0.394 e. The number of thiazole rings is 1. The second-order valence-electron chi connectivity index (χ2n) is 4.69. The van der Waals surface area contributed by atoms with Crippen LogP contribution in [0.1, 0.15) is 10.6 Å². The lowest BCUT2D eigenvalue weighted by molar-refractivity contribution is -0.141. The van der Waals surface area contributed by atoms with Gasteiger partial charge in [-0.1, -0.05) is 0 Å². The van der Waals surface area contributed by atoms with Crippen molar-refractivity contribution in [2.24, 2.45) is 0 Å². The van der Waals surface area contributed by atoms with Crippen molar-refractivity contribution in [2.45, 2.75) is 18.6 Å². The van der Waals surface area contributed by atoms with Crippen molar-refractivity contribution < 1.29 is 18.3 Å². The first kappa shape index (κ1) is 15.6. The minimum absolute atomic E-state index is 0.0587. The van der Waals surface area contributed by atoms with E-state index in [4.69, 9.17) is 0 Å². The van der Waals surface area contributed by atoms with Gasteiger partial charge in [0.05, 0.1) is 18.2 Å². The quantitative estimate of drug-likeness (QED) is 0.731. The second-order valence-corrected chi connectivity index (χ2v) is 5.66. The highest BCUT2D eigenvalue weighted by molar-refractivity contribution is 7.09. The van der Waals surface area contributed by atoms with E-state index in [2.05, 4.69) is 25.4 Å². The molecule has 0 saturated carbocycles. The van der Waals surface area contributed by atoms with Crippen LogP contribution in [0.4, 0.5) is 19.0 Å². The van der Waals surface area contributed by atoms with Crippen molar-refractivity contribution in [3.05, 3.63) is 34.7 Å². The largest absolute Gasteiger partial charge is 0.433 e. The number of hydrogen-bond acceptors (Lipinski definition) is 7. The maximum absolute atomic E-state index is 12.9. The lowest BCUT2D eigenvalue weighted by Crippen LogP contribution is -2.28.